The molecule has 1 heteroatoms. The first kappa shape index (κ1) is 10.8. The van der Waals surface area contributed by atoms with Gasteiger partial charge in [-0.05, 0) is 23.5 Å². The Balaban J connectivity index is 3.15. The number of nitrogens with zero attached hydrogens (tertiary/aromatic N) is 1. The van der Waals surface area contributed by atoms with E-state index in [0.717, 1.165) is 5.56 Å². The third kappa shape index (κ3) is 2.60. The summed E-state index contributed by atoms with van der Waals surface area (Å²) in [6.07, 6.45) is 0.505. The molecule has 0 amide bonds. The molecule has 1 nitrogen and oxygen atoms in total. The molecule has 0 fully saturated rings. The van der Waals surface area contributed by atoms with Crippen LogP contribution in [0.25, 0.3) is 0 Å². The fraction of sp³-hybridized carbons (Fsp3) is 0.462. The molecule has 74 valence electrons. The zero-order valence-electron chi connectivity index (χ0n) is 9.39. The molecule has 0 aliphatic rings. The summed E-state index contributed by atoms with van der Waals surface area (Å²) < 4.78 is 0. The minimum Gasteiger partial charge on any atom is -0.198 e. The van der Waals surface area contributed by atoms with Gasteiger partial charge in [-0.25, -0.2) is 0 Å². The lowest BCUT2D eigenvalue weighted by atomic mass is 9.85. The van der Waals surface area contributed by atoms with E-state index in [0.29, 0.717) is 6.42 Å². The van der Waals surface area contributed by atoms with Gasteiger partial charge in [-0.15, -0.1) is 0 Å². The molecular weight excluding hydrogens is 170 g/mol. The average molecular weight is 187 g/mol. The van der Waals surface area contributed by atoms with Crippen molar-refractivity contribution in [2.45, 2.75) is 39.5 Å². The molecule has 0 spiro atoms. The van der Waals surface area contributed by atoms with Gasteiger partial charge in [0.25, 0.3) is 0 Å². The normalized spacial score (nSPS) is 11.1. The highest BCUT2D eigenvalue weighted by Gasteiger charge is 2.14. The molecule has 14 heavy (non-hydrogen) atoms. The molecule has 0 radical (unpaired) electrons. The molecule has 0 N–H and O–H groups in total. The maximum absolute atomic E-state index is 8.65. The Kier molecular flexibility index (Phi) is 2.96. The number of hydrogen-bond donors (Lipinski definition) is 0. The summed E-state index contributed by atoms with van der Waals surface area (Å²) in [4.78, 5) is 0. The summed E-state index contributed by atoms with van der Waals surface area (Å²) in [5, 5.41) is 8.65. The molecule has 0 saturated heterocycles. The van der Waals surface area contributed by atoms with Crippen LogP contribution in [0.1, 0.15) is 37.5 Å². The molecule has 1 aromatic rings. The van der Waals surface area contributed by atoms with Crippen molar-refractivity contribution in [3.63, 3.8) is 0 Å². The van der Waals surface area contributed by atoms with Crippen LogP contribution in [0.15, 0.2) is 18.2 Å². The van der Waals surface area contributed by atoms with Gasteiger partial charge in [0, 0.05) is 0 Å². The minimum absolute atomic E-state index is 0.163. The lowest BCUT2D eigenvalue weighted by molar-refractivity contribution is 0.589. The summed E-state index contributed by atoms with van der Waals surface area (Å²) in [6.45, 7) is 8.66. The number of rotatable bonds is 1. The first-order chi connectivity index (χ1) is 6.43. The molecule has 1 aromatic carbocycles. The fourth-order valence-corrected chi connectivity index (χ4v) is 1.49. The van der Waals surface area contributed by atoms with Gasteiger partial charge in [0.15, 0.2) is 0 Å². The van der Waals surface area contributed by atoms with Crippen LogP contribution in [-0.2, 0) is 11.8 Å². The summed E-state index contributed by atoms with van der Waals surface area (Å²) >= 11 is 0. The van der Waals surface area contributed by atoms with Crippen LogP contribution in [0.5, 0.6) is 0 Å². The Morgan fingerprint density at radius 2 is 1.86 bits per heavy atom. The molecule has 0 aliphatic heterocycles. The SMILES string of the molecule is Cc1cc(CC#N)cc(C(C)(C)C)c1. The first-order valence-corrected chi connectivity index (χ1v) is 4.91. The van der Waals surface area contributed by atoms with Crippen LogP contribution in [0, 0.1) is 18.3 Å². The van der Waals surface area contributed by atoms with E-state index in [9.17, 15) is 0 Å². The van der Waals surface area contributed by atoms with Crippen molar-refractivity contribution >= 4 is 0 Å². The summed E-state index contributed by atoms with van der Waals surface area (Å²) in [6, 6.07) is 8.60. The molecule has 0 aliphatic carbocycles. The number of nitriles is 1. The second-order valence-electron chi connectivity index (χ2n) is 4.79. The van der Waals surface area contributed by atoms with E-state index < -0.39 is 0 Å². The lowest BCUT2D eigenvalue weighted by Gasteiger charge is -2.20. The maximum atomic E-state index is 8.65. The zero-order chi connectivity index (χ0) is 10.8. The molecule has 0 unspecified atom stereocenters. The summed E-state index contributed by atoms with van der Waals surface area (Å²) in [5.41, 5.74) is 3.83. The fourth-order valence-electron chi connectivity index (χ4n) is 1.49. The second kappa shape index (κ2) is 3.84. The average Bonchev–Trinajstić information content (AvgIpc) is 2.02. The largest absolute Gasteiger partial charge is 0.198 e. The minimum atomic E-state index is 0.163. The van der Waals surface area contributed by atoms with E-state index in [1.807, 2.05) is 0 Å². The van der Waals surface area contributed by atoms with E-state index >= 15 is 0 Å². The van der Waals surface area contributed by atoms with Gasteiger partial charge in [-0.2, -0.15) is 5.26 Å². The topological polar surface area (TPSA) is 23.8 Å². The smallest absolute Gasteiger partial charge is 0.0669 e. The van der Waals surface area contributed by atoms with Crippen LogP contribution >= 0.6 is 0 Å². The Bertz CT molecular complexity index is 364. The second-order valence-corrected chi connectivity index (χ2v) is 4.79. The third-order valence-corrected chi connectivity index (χ3v) is 2.29. The van der Waals surface area contributed by atoms with Gasteiger partial charge in [0.05, 0.1) is 12.5 Å². The van der Waals surface area contributed by atoms with E-state index in [1.165, 1.54) is 11.1 Å². The number of aryl methyl sites for hydroxylation is 1. The number of benzene rings is 1. The highest BCUT2D eigenvalue weighted by molar-refractivity contribution is 5.34. The molecule has 0 bridgehead atoms. The van der Waals surface area contributed by atoms with E-state index in [4.69, 9.17) is 5.26 Å². The van der Waals surface area contributed by atoms with Gasteiger partial charge in [0.2, 0.25) is 0 Å². The molecule has 0 atom stereocenters. The van der Waals surface area contributed by atoms with Gasteiger partial charge in [0.1, 0.15) is 0 Å². The first-order valence-electron chi connectivity index (χ1n) is 4.91. The quantitative estimate of drug-likeness (QED) is 0.661. The predicted molar refractivity (Wildman–Crippen MR) is 59.2 cm³/mol. The van der Waals surface area contributed by atoms with Crippen LogP contribution < -0.4 is 0 Å². The third-order valence-electron chi connectivity index (χ3n) is 2.29. The van der Waals surface area contributed by atoms with Crippen molar-refractivity contribution in [1.82, 2.24) is 0 Å². The lowest BCUT2D eigenvalue weighted by Crippen LogP contribution is -2.11. The molecule has 0 aromatic heterocycles. The summed E-state index contributed by atoms with van der Waals surface area (Å²) in [7, 11) is 0. The van der Waals surface area contributed by atoms with Crippen molar-refractivity contribution in [3.05, 3.63) is 34.9 Å². The Morgan fingerprint density at radius 3 is 2.36 bits per heavy atom. The number of hydrogen-bond acceptors (Lipinski definition) is 1. The summed E-state index contributed by atoms with van der Waals surface area (Å²) in [5.74, 6) is 0. The molecule has 1 rings (SSSR count). The monoisotopic (exact) mass is 187 g/mol. The van der Waals surface area contributed by atoms with Gasteiger partial charge in [-0.1, -0.05) is 44.5 Å². The van der Waals surface area contributed by atoms with Crippen molar-refractivity contribution < 1.29 is 0 Å². The van der Waals surface area contributed by atoms with Crippen molar-refractivity contribution in [3.8, 4) is 6.07 Å². The Morgan fingerprint density at radius 1 is 1.21 bits per heavy atom. The van der Waals surface area contributed by atoms with Gasteiger partial charge >= 0.3 is 0 Å². The Hall–Kier alpha value is -1.29. The zero-order valence-corrected chi connectivity index (χ0v) is 9.39. The van der Waals surface area contributed by atoms with Gasteiger partial charge in [-0.3, -0.25) is 0 Å². The van der Waals surface area contributed by atoms with Crippen LogP contribution in [-0.4, -0.2) is 0 Å². The van der Waals surface area contributed by atoms with Crippen LogP contribution in [0.2, 0.25) is 0 Å². The standard InChI is InChI=1S/C13H17N/c1-10-7-11(5-6-14)9-12(8-10)13(2,3)4/h7-9H,5H2,1-4H3. The molecule has 0 saturated carbocycles. The van der Waals surface area contributed by atoms with Crippen molar-refractivity contribution in [1.29, 1.82) is 5.26 Å². The van der Waals surface area contributed by atoms with E-state index in [-0.39, 0.29) is 5.41 Å². The molecule has 0 heterocycles. The van der Waals surface area contributed by atoms with Crippen LogP contribution in [0.4, 0.5) is 0 Å². The van der Waals surface area contributed by atoms with Gasteiger partial charge < -0.3 is 0 Å². The Labute approximate surface area is 86.4 Å². The van der Waals surface area contributed by atoms with E-state index in [1.54, 1.807) is 0 Å². The predicted octanol–water partition coefficient (Wildman–Crippen LogP) is 3.36. The van der Waals surface area contributed by atoms with E-state index in [2.05, 4.69) is 52.0 Å². The highest BCUT2D eigenvalue weighted by atomic mass is 14.2. The van der Waals surface area contributed by atoms with Crippen molar-refractivity contribution in [2.24, 2.45) is 0 Å². The molecular formula is C13H17N. The maximum Gasteiger partial charge on any atom is 0.0669 e. The van der Waals surface area contributed by atoms with Crippen molar-refractivity contribution in [2.75, 3.05) is 0 Å². The highest BCUT2D eigenvalue weighted by Crippen LogP contribution is 2.24. The van der Waals surface area contributed by atoms with Crippen LogP contribution in [0.3, 0.4) is 0 Å².